The molecule has 116 valence electrons. The summed E-state index contributed by atoms with van der Waals surface area (Å²) in [5.41, 5.74) is 4.42. The van der Waals surface area contributed by atoms with Crippen molar-refractivity contribution in [2.45, 2.75) is 0 Å². The maximum atomic E-state index is 11.6. The van der Waals surface area contributed by atoms with Crippen LogP contribution in [-0.4, -0.2) is 18.4 Å². The predicted molar refractivity (Wildman–Crippen MR) is 86.7 cm³/mol. The molecule has 0 aliphatic rings. The van der Waals surface area contributed by atoms with Crippen LogP contribution in [0.15, 0.2) is 43.9 Å². The summed E-state index contributed by atoms with van der Waals surface area (Å²) < 4.78 is 11.4. The molecule has 1 aromatic carbocycles. The lowest BCUT2D eigenvalue weighted by atomic mass is 10.3. The standard InChI is InChI=1S/C13H9Br2ClN2O4/c14-8-5-7(16)1-2-9(8)21-6-12(19)17-18-13(20)10-3-4-11(15)22-10/h1-5H,6H2,(H,17,19)(H,18,20). The molecule has 2 aromatic rings. The SMILES string of the molecule is O=C(COc1ccc(Cl)cc1Br)NNC(=O)c1ccc(Br)o1. The van der Waals surface area contributed by atoms with E-state index in [1.54, 1.807) is 24.3 Å². The van der Waals surface area contributed by atoms with E-state index in [4.69, 9.17) is 20.8 Å². The fourth-order valence-corrected chi connectivity index (χ4v) is 2.50. The minimum absolute atomic E-state index is 0.0635. The molecule has 0 radical (unpaired) electrons. The third kappa shape index (κ3) is 4.75. The molecule has 2 N–H and O–H groups in total. The monoisotopic (exact) mass is 450 g/mol. The Morgan fingerprint density at radius 3 is 2.59 bits per heavy atom. The van der Waals surface area contributed by atoms with Gasteiger partial charge < -0.3 is 9.15 Å². The van der Waals surface area contributed by atoms with Gasteiger partial charge in [0.05, 0.1) is 4.47 Å². The Hall–Kier alpha value is -1.51. The van der Waals surface area contributed by atoms with Gasteiger partial charge in [-0.25, -0.2) is 0 Å². The second kappa shape index (κ2) is 7.66. The van der Waals surface area contributed by atoms with Crippen molar-refractivity contribution in [2.75, 3.05) is 6.61 Å². The number of carbonyl (C=O) groups is 2. The molecule has 0 aliphatic carbocycles. The van der Waals surface area contributed by atoms with Crippen molar-refractivity contribution in [2.24, 2.45) is 0 Å². The molecular formula is C13H9Br2ClN2O4. The van der Waals surface area contributed by atoms with E-state index in [1.807, 2.05) is 0 Å². The number of furan rings is 1. The number of rotatable bonds is 4. The van der Waals surface area contributed by atoms with Crippen molar-refractivity contribution in [1.29, 1.82) is 0 Å². The second-order valence-corrected chi connectivity index (χ2v) is 6.04. The van der Waals surface area contributed by atoms with E-state index in [0.717, 1.165) is 0 Å². The van der Waals surface area contributed by atoms with Crippen molar-refractivity contribution in [1.82, 2.24) is 10.9 Å². The molecule has 22 heavy (non-hydrogen) atoms. The van der Waals surface area contributed by atoms with Crippen LogP contribution >= 0.6 is 43.5 Å². The van der Waals surface area contributed by atoms with Gasteiger partial charge in [-0.2, -0.15) is 0 Å². The Kier molecular flexibility index (Phi) is 5.87. The van der Waals surface area contributed by atoms with Gasteiger partial charge in [0, 0.05) is 5.02 Å². The lowest BCUT2D eigenvalue weighted by Crippen LogP contribution is -2.43. The predicted octanol–water partition coefficient (Wildman–Crippen LogP) is 3.30. The van der Waals surface area contributed by atoms with Crippen molar-refractivity contribution in [3.05, 3.63) is 50.3 Å². The molecule has 0 saturated heterocycles. The zero-order valence-corrected chi connectivity index (χ0v) is 14.8. The highest BCUT2D eigenvalue weighted by Gasteiger charge is 2.12. The lowest BCUT2D eigenvalue weighted by Gasteiger charge is -2.09. The van der Waals surface area contributed by atoms with E-state index in [0.29, 0.717) is 19.9 Å². The first-order valence-corrected chi connectivity index (χ1v) is 7.84. The normalized spacial score (nSPS) is 10.1. The van der Waals surface area contributed by atoms with Gasteiger partial charge in [-0.1, -0.05) is 11.6 Å². The zero-order chi connectivity index (χ0) is 16.1. The molecule has 0 atom stereocenters. The first-order valence-electron chi connectivity index (χ1n) is 5.88. The number of nitrogens with one attached hydrogen (secondary N) is 2. The summed E-state index contributed by atoms with van der Waals surface area (Å²) >= 11 is 12.1. The number of carbonyl (C=O) groups excluding carboxylic acids is 2. The molecule has 0 fully saturated rings. The summed E-state index contributed by atoms with van der Waals surface area (Å²) in [6.45, 7) is -0.275. The first kappa shape index (κ1) is 16.9. The Balaban J connectivity index is 1.79. The number of ether oxygens (including phenoxy) is 1. The zero-order valence-electron chi connectivity index (χ0n) is 10.9. The number of hydrogen-bond acceptors (Lipinski definition) is 4. The smallest absolute Gasteiger partial charge is 0.305 e. The van der Waals surface area contributed by atoms with Crippen molar-refractivity contribution >= 4 is 55.3 Å². The van der Waals surface area contributed by atoms with E-state index in [2.05, 4.69) is 42.7 Å². The van der Waals surface area contributed by atoms with Crippen molar-refractivity contribution in [3.63, 3.8) is 0 Å². The van der Waals surface area contributed by atoms with Gasteiger partial charge >= 0.3 is 5.91 Å². The maximum Gasteiger partial charge on any atom is 0.305 e. The van der Waals surface area contributed by atoms with E-state index < -0.39 is 11.8 Å². The van der Waals surface area contributed by atoms with Crippen LogP contribution in [0.3, 0.4) is 0 Å². The quantitative estimate of drug-likeness (QED) is 0.698. The van der Waals surface area contributed by atoms with Crippen LogP contribution in [0, 0.1) is 0 Å². The van der Waals surface area contributed by atoms with Crippen LogP contribution in [-0.2, 0) is 4.79 Å². The van der Waals surface area contributed by atoms with E-state index in [9.17, 15) is 9.59 Å². The van der Waals surface area contributed by atoms with Gasteiger partial charge in [-0.15, -0.1) is 0 Å². The number of hydrazine groups is 1. The largest absolute Gasteiger partial charge is 0.483 e. The fourth-order valence-electron chi connectivity index (χ4n) is 1.40. The molecule has 0 aliphatic heterocycles. The summed E-state index contributed by atoms with van der Waals surface area (Å²) in [6.07, 6.45) is 0. The Morgan fingerprint density at radius 2 is 1.95 bits per heavy atom. The van der Waals surface area contributed by atoms with Crippen LogP contribution in [0.5, 0.6) is 5.75 Å². The average molecular weight is 452 g/mol. The topological polar surface area (TPSA) is 80.6 Å². The highest BCUT2D eigenvalue weighted by molar-refractivity contribution is 9.10. The molecule has 1 aromatic heterocycles. The Bertz CT molecular complexity index is 705. The van der Waals surface area contributed by atoms with Crippen LogP contribution in [0.2, 0.25) is 5.02 Å². The van der Waals surface area contributed by atoms with Gasteiger partial charge in [0.15, 0.2) is 17.0 Å². The third-order valence-corrected chi connectivity index (χ3v) is 3.65. The highest BCUT2D eigenvalue weighted by atomic mass is 79.9. The number of amides is 2. The minimum atomic E-state index is -0.577. The molecule has 6 nitrogen and oxygen atoms in total. The second-order valence-electron chi connectivity index (χ2n) is 3.97. The molecule has 0 bridgehead atoms. The van der Waals surface area contributed by atoms with Gasteiger partial charge in [-0.05, 0) is 62.2 Å². The summed E-state index contributed by atoms with van der Waals surface area (Å²) in [4.78, 5) is 23.2. The molecule has 0 saturated carbocycles. The Morgan fingerprint density at radius 1 is 1.18 bits per heavy atom. The first-order chi connectivity index (χ1) is 10.5. The molecular weight excluding hydrogens is 443 g/mol. The molecule has 0 unspecified atom stereocenters. The number of hydrogen-bond donors (Lipinski definition) is 2. The van der Waals surface area contributed by atoms with E-state index >= 15 is 0 Å². The fraction of sp³-hybridized carbons (Fsp3) is 0.0769. The lowest BCUT2D eigenvalue weighted by molar-refractivity contribution is -0.123. The molecule has 1 heterocycles. The van der Waals surface area contributed by atoms with Gasteiger partial charge in [0.25, 0.3) is 5.91 Å². The van der Waals surface area contributed by atoms with Crippen molar-refractivity contribution < 1.29 is 18.7 Å². The number of benzene rings is 1. The van der Waals surface area contributed by atoms with Gasteiger partial charge in [0.2, 0.25) is 0 Å². The van der Waals surface area contributed by atoms with Crippen LogP contribution in [0.4, 0.5) is 0 Å². The summed E-state index contributed by atoms with van der Waals surface area (Å²) in [6, 6.07) is 7.94. The highest BCUT2D eigenvalue weighted by Crippen LogP contribution is 2.27. The minimum Gasteiger partial charge on any atom is -0.483 e. The van der Waals surface area contributed by atoms with Crippen LogP contribution in [0.1, 0.15) is 10.6 Å². The summed E-state index contributed by atoms with van der Waals surface area (Å²) in [5, 5.41) is 0.542. The molecule has 2 amide bonds. The van der Waals surface area contributed by atoms with Gasteiger partial charge in [-0.3, -0.25) is 20.4 Å². The number of halogens is 3. The molecule has 0 spiro atoms. The average Bonchev–Trinajstić information content (AvgIpc) is 2.90. The van der Waals surface area contributed by atoms with Crippen LogP contribution in [0.25, 0.3) is 0 Å². The van der Waals surface area contributed by atoms with Gasteiger partial charge in [0.1, 0.15) is 5.75 Å². The van der Waals surface area contributed by atoms with Crippen molar-refractivity contribution in [3.8, 4) is 5.75 Å². The third-order valence-electron chi connectivity index (χ3n) is 2.37. The van der Waals surface area contributed by atoms with E-state index in [1.165, 1.54) is 6.07 Å². The molecule has 9 heteroatoms. The summed E-state index contributed by atoms with van der Waals surface area (Å²) in [5.74, 6) is -0.582. The van der Waals surface area contributed by atoms with Crippen LogP contribution < -0.4 is 15.6 Å². The summed E-state index contributed by atoms with van der Waals surface area (Å²) in [7, 11) is 0. The molecule has 2 rings (SSSR count). The maximum absolute atomic E-state index is 11.6. The Labute approximate surface area is 147 Å². The van der Waals surface area contributed by atoms with E-state index in [-0.39, 0.29) is 12.4 Å².